The molecule has 0 saturated carbocycles. The second-order valence-electron chi connectivity index (χ2n) is 3.81. The lowest BCUT2D eigenvalue weighted by molar-refractivity contribution is -0.140. The molecule has 0 aliphatic rings. The zero-order valence-electron chi connectivity index (χ0n) is 11.1. The highest BCUT2D eigenvalue weighted by Gasteiger charge is 2.02. The number of aliphatic imine (C=N–C) groups is 1. The summed E-state index contributed by atoms with van der Waals surface area (Å²) < 4.78 is 4.55. The van der Waals surface area contributed by atoms with Gasteiger partial charge in [-0.15, -0.1) is 0 Å². The molecule has 0 aromatic heterocycles. The monoisotopic (exact) mass is 283 g/mol. The van der Waals surface area contributed by atoms with Crippen molar-refractivity contribution < 1.29 is 9.53 Å². The van der Waals surface area contributed by atoms with Gasteiger partial charge in [-0.3, -0.25) is 9.79 Å². The molecule has 1 aromatic rings. The average Bonchev–Trinajstić information content (AvgIpc) is 2.44. The summed E-state index contributed by atoms with van der Waals surface area (Å²) in [6, 6.07) is 7.56. The summed E-state index contributed by atoms with van der Waals surface area (Å²) in [5.41, 5.74) is 1.10. The third-order valence-corrected chi connectivity index (χ3v) is 2.70. The van der Waals surface area contributed by atoms with Crippen LogP contribution in [0.3, 0.4) is 0 Å². The van der Waals surface area contributed by atoms with Gasteiger partial charge in [0.15, 0.2) is 5.96 Å². The van der Waals surface area contributed by atoms with Crippen molar-refractivity contribution in [3.63, 3.8) is 0 Å². The molecule has 0 bridgehead atoms. The third kappa shape index (κ3) is 6.10. The Balaban J connectivity index is 2.33. The van der Waals surface area contributed by atoms with Crippen molar-refractivity contribution in [3.8, 4) is 0 Å². The molecule has 2 N–H and O–H groups in total. The Morgan fingerprint density at radius 2 is 2.00 bits per heavy atom. The molecule has 0 unspecified atom stereocenters. The number of benzene rings is 1. The summed E-state index contributed by atoms with van der Waals surface area (Å²) in [5.74, 6) is 0.388. The van der Waals surface area contributed by atoms with Crippen LogP contribution in [0.25, 0.3) is 0 Å². The van der Waals surface area contributed by atoms with E-state index in [1.165, 1.54) is 7.11 Å². The normalized spacial score (nSPS) is 11.0. The lowest BCUT2D eigenvalue weighted by atomic mass is 10.2. The molecule has 19 heavy (non-hydrogen) atoms. The zero-order valence-corrected chi connectivity index (χ0v) is 11.8. The van der Waals surface area contributed by atoms with E-state index in [0.717, 1.165) is 5.56 Å². The number of ether oxygens (including phenoxy) is 1. The predicted octanol–water partition coefficient (Wildman–Crippen LogP) is 1.57. The molecule has 0 spiro atoms. The van der Waals surface area contributed by atoms with E-state index in [0.29, 0.717) is 30.5 Å². The average molecular weight is 284 g/mol. The first-order chi connectivity index (χ1) is 9.15. The fraction of sp³-hybridized carbons (Fsp3) is 0.385. The van der Waals surface area contributed by atoms with Gasteiger partial charge in [0.25, 0.3) is 0 Å². The van der Waals surface area contributed by atoms with E-state index >= 15 is 0 Å². The molecule has 0 aliphatic carbocycles. The van der Waals surface area contributed by atoms with Crippen LogP contribution >= 0.6 is 11.6 Å². The number of hydrogen-bond donors (Lipinski definition) is 2. The Kier molecular flexibility index (Phi) is 6.74. The third-order valence-electron chi connectivity index (χ3n) is 2.45. The molecule has 0 saturated heterocycles. The fourth-order valence-electron chi connectivity index (χ4n) is 1.39. The molecule has 1 rings (SSSR count). The van der Waals surface area contributed by atoms with Gasteiger partial charge in [0.05, 0.1) is 13.5 Å². The van der Waals surface area contributed by atoms with Crippen molar-refractivity contribution in [2.45, 2.75) is 13.0 Å². The highest BCUT2D eigenvalue weighted by molar-refractivity contribution is 6.30. The Bertz CT molecular complexity index is 432. The van der Waals surface area contributed by atoms with Crippen LogP contribution in [0, 0.1) is 0 Å². The predicted molar refractivity (Wildman–Crippen MR) is 76.3 cm³/mol. The molecule has 5 nitrogen and oxygen atoms in total. The molecule has 0 heterocycles. The zero-order chi connectivity index (χ0) is 14.1. The molecule has 104 valence electrons. The van der Waals surface area contributed by atoms with Crippen LogP contribution in [-0.2, 0) is 16.1 Å². The van der Waals surface area contributed by atoms with Gasteiger partial charge in [0.2, 0.25) is 0 Å². The lowest BCUT2D eigenvalue weighted by Gasteiger charge is -2.11. The van der Waals surface area contributed by atoms with Gasteiger partial charge in [0.1, 0.15) is 0 Å². The SMILES string of the molecule is CN=C(NCCC(=O)OC)NCc1ccc(Cl)cc1. The number of halogens is 1. The molecule has 6 heteroatoms. The van der Waals surface area contributed by atoms with Crippen LogP contribution in [0.5, 0.6) is 0 Å². The maximum Gasteiger partial charge on any atom is 0.307 e. The highest BCUT2D eigenvalue weighted by Crippen LogP contribution is 2.08. The summed E-state index contributed by atoms with van der Waals surface area (Å²) in [7, 11) is 3.05. The standard InChI is InChI=1S/C13H18ClN3O2/c1-15-13(16-8-7-12(18)19-2)17-9-10-3-5-11(14)6-4-10/h3-6H,7-9H2,1-2H3,(H2,15,16,17). The Morgan fingerprint density at radius 3 is 2.58 bits per heavy atom. The van der Waals surface area contributed by atoms with Crippen LogP contribution in [0.15, 0.2) is 29.3 Å². The summed E-state index contributed by atoms with van der Waals surface area (Å²) >= 11 is 5.81. The minimum absolute atomic E-state index is 0.249. The quantitative estimate of drug-likeness (QED) is 0.489. The minimum atomic E-state index is -0.249. The Hall–Kier alpha value is -1.75. The number of esters is 1. The van der Waals surface area contributed by atoms with E-state index in [1.54, 1.807) is 7.05 Å². The lowest BCUT2D eigenvalue weighted by Crippen LogP contribution is -2.37. The summed E-state index contributed by atoms with van der Waals surface area (Å²) in [6.07, 6.45) is 0.304. The van der Waals surface area contributed by atoms with Crippen molar-refractivity contribution in [2.75, 3.05) is 20.7 Å². The number of methoxy groups -OCH3 is 1. The van der Waals surface area contributed by atoms with E-state index < -0.39 is 0 Å². The first-order valence-corrected chi connectivity index (χ1v) is 6.29. The van der Waals surface area contributed by atoms with Gasteiger partial charge in [-0.1, -0.05) is 23.7 Å². The van der Waals surface area contributed by atoms with Gasteiger partial charge in [-0.2, -0.15) is 0 Å². The minimum Gasteiger partial charge on any atom is -0.469 e. The van der Waals surface area contributed by atoms with E-state index in [9.17, 15) is 4.79 Å². The van der Waals surface area contributed by atoms with E-state index in [2.05, 4.69) is 20.4 Å². The summed E-state index contributed by atoms with van der Waals surface area (Å²) in [5, 5.41) is 6.88. The van der Waals surface area contributed by atoms with Crippen molar-refractivity contribution in [3.05, 3.63) is 34.9 Å². The first-order valence-electron chi connectivity index (χ1n) is 5.91. The largest absolute Gasteiger partial charge is 0.469 e. The van der Waals surface area contributed by atoms with Crippen LogP contribution in [-0.4, -0.2) is 32.6 Å². The molecule has 0 aliphatic heterocycles. The molecule has 0 atom stereocenters. The second-order valence-corrected chi connectivity index (χ2v) is 4.24. The molecular weight excluding hydrogens is 266 g/mol. The number of hydrogen-bond acceptors (Lipinski definition) is 3. The summed E-state index contributed by atoms with van der Waals surface area (Å²) in [6.45, 7) is 1.11. The molecule has 0 amide bonds. The smallest absolute Gasteiger partial charge is 0.307 e. The molecule has 0 fully saturated rings. The van der Waals surface area contributed by atoms with Crippen LogP contribution in [0.4, 0.5) is 0 Å². The maximum absolute atomic E-state index is 11.0. The number of carbonyl (C=O) groups excluding carboxylic acids is 1. The van der Waals surface area contributed by atoms with Crippen LogP contribution < -0.4 is 10.6 Å². The van der Waals surface area contributed by atoms with Gasteiger partial charge in [-0.25, -0.2) is 0 Å². The van der Waals surface area contributed by atoms with Gasteiger partial charge >= 0.3 is 5.97 Å². The van der Waals surface area contributed by atoms with Crippen molar-refractivity contribution in [1.29, 1.82) is 0 Å². The van der Waals surface area contributed by atoms with Crippen molar-refractivity contribution in [1.82, 2.24) is 10.6 Å². The van der Waals surface area contributed by atoms with Crippen LogP contribution in [0.1, 0.15) is 12.0 Å². The number of rotatable bonds is 5. The number of carbonyl (C=O) groups is 1. The van der Waals surface area contributed by atoms with Gasteiger partial charge < -0.3 is 15.4 Å². The number of guanidine groups is 1. The Morgan fingerprint density at radius 1 is 1.32 bits per heavy atom. The molecular formula is C13H18ClN3O2. The number of nitrogens with zero attached hydrogens (tertiary/aromatic N) is 1. The number of nitrogens with one attached hydrogen (secondary N) is 2. The fourth-order valence-corrected chi connectivity index (χ4v) is 1.52. The van der Waals surface area contributed by atoms with E-state index in [1.807, 2.05) is 24.3 Å². The summed E-state index contributed by atoms with van der Waals surface area (Å²) in [4.78, 5) is 15.0. The molecule has 0 radical (unpaired) electrons. The van der Waals surface area contributed by atoms with E-state index in [-0.39, 0.29) is 5.97 Å². The van der Waals surface area contributed by atoms with Crippen molar-refractivity contribution in [2.24, 2.45) is 4.99 Å². The second kappa shape index (κ2) is 8.37. The molecule has 1 aromatic carbocycles. The van der Waals surface area contributed by atoms with Gasteiger partial charge in [0, 0.05) is 25.2 Å². The van der Waals surface area contributed by atoms with Crippen LogP contribution in [0.2, 0.25) is 5.02 Å². The maximum atomic E-state index is 11.0. The van der Waals surface area contributed by atoms with E-state index in [4.69, 9.17) is 11.6 Å². The topological polar surface area (TPSA) is 62.7 Å². The highest BCUT2D eigenvalue weighted by atomic mass is 35.5. The van der Waals surface area contributed by atoms with Crippen molar-refractivity contribution >= 4 is 23.5 Å². The Labute approximate surface area is 118 Å². The van der Waals surface area contributed by atoms with Gasteiger partial charge in [-0.05, 0) is 17.7 Å². The first kappa shape index (κ1) is 15.3.